The third-order valence-corrected chi connectivity index (χ3v) is 2.82. The van der Waals surface area contributed by atoms with Gasteiger partial charge in [0.1, 0.15) is 0 Å². The van der Waals surface area contributed by atoms with E-state index in [9.17, 15) is 9.18 Å². The van der Waals surface area contributed by atoms with E-state index in [-0.39, 0.29) is 6.42 Å². The summed E-state index contributed by atoms with van der Waals surface area (Å²) in [6, 6.07) is 0. The second-order valence-electron chi connectivity index (χ2n) is 4.20. The molecule has 0 bridgehead atoms. The topological polar surface area (TPSA) is 58.8 Å². The molecule has 6 heteroatoms. The molecule has 0 aliphatic carbocycles. The van der Waals surface area contributed by atoms with Crippen LogP contribution in [0.2, 0.25) is 0 Å². The van der Waals surface area contributed by atoms with Crippen molar-refractivity contribution in [1.29, 1.82) is 0 Å². The average Bonchev–Trinajstić information content (AvgIpc) is 2.30. The summed E-state index contributed by atoms with van der Waals surface area (Å²) in [4.78, 5) is 15.3. The van der Waals surface area contributed by atoms with Crippen molar-refractivity contribution < 1.29 is 13.9 Å². The molecule has 0 aromatic rings. The van der Waals surface area contributed by atoms with Crippen LogP contribution >= 0.6 is 0 Å². The van der Waals surface area contributed by atoms with Gasteiger partial charge in [-0.3, -0.25) is 4.90 Å². The number of nitrogens with two attached hydrogens (primary N) is 1. The van der Waals surface area contributed by atoms with Crippen molar-refractivity contribution in [2.24, 2.45) is 5.73 Å². The number of amides is 1. The molecule has 0 aromatic heterocycles. The van der Waals surface area contributed by atoms with E-state index in [0.29, 0.717) is 26.1 Å². The fourth-order valence-electron chi connectivity index (χ4n) is 1.81. The number of carbonyl (C=O) groups excluding carboxylic acids is 1. The van der Waals surface area contributed by atoms with E-state index in [1.807, 2.05) is 6.92 Å². The molecule has 17 heavy (non-hydrogen) atoms. The lowest BCUT2D eigenvalue weighted by Gasteiger charge is -2.33. The molecule has 2 N–H and O–H groups in total. The van der Waals surface area contributed by atoms with Crippen molar-refractivity contribution >= 4 is 6.09 Å². The Hall–Kier alpha value is -0.880. The summed E-state index contributed by atoms with van der Waals surface area (Å²) in [5.41, 5.74) is 5.46. The Labute approximate surface area is 102 Å². The van der Waals surface area contributed by atoms with Gasteiger partial charge in [-0.1, -0.05) is 6.92 Å². The van der Waals surface area contributed by atoms with E-state index in [1.165, 1.54) is 0 Å². The van der Waals surface area contributed by atoms with Crippen molar-refractivity contribution in [2.75, 3.05) is 39.3 Å². The summed E-state index contributed by atoms with van der Waals surface area (Å²) < 4.78 is 17.8. The van der Waals surface area contributed by atoms with Crippen LogP contribution in [0, 0.1) is 0 Å². The molecule has 1 saturated heterocycles. The van der Waals surface area contributed by atoms with Crippen molar-refractivity contribution in [1.82, 2.24) is 9.80 Å². The van der Waals surface area contributed by atoms with E-state index in [2.05, 4.69) is 4.90 Å². The number of rotatable bonds is 5. The van der Waals surface area contributed by atoms with E-state index in [1.54, 1.807) is 4.90 Å². The summed E-state index contributed by atoms with van der Waals surface area (Å²) in [7, 11) is 0. The SMILES string of the molecule is CCCC(F)OC(=O)N1CCN(CCN)CC1. The van der Waals surface area contributed by atoms with Gasteiger partial charge >= 0.3 is 6.09 Å². The summed E-state index contributed by atoms with van der Waals surface area (Å²) in [6.07, 6.45) is -1.09. The zero-order valence-corrected chi connectivity index (χ0v) is 10.4. The largest absolute Gasteiger partial charge is 0.415 e. The molecule has 1 atom stereocenters. The maximum absolute atomic E-state index is 13.1. The number of piperazine rings is 1. The Morgan fingerprint density at radius 3 is 2.59 bits per heavy atom. The smallest absolute Gasteiger partial charge is 0.412 e. The predicted molar refractivity (Wildman–Crippen MR) is 63.4 cm³/mol. The lowest BCUT2D eigenvalue weighted by atomic mass is 10.3. The van der Waals surface area contributed by atoms with Crippen LogP contribution < -0.4 is 5.73 Å². The molecule has 5 nitrogen and oxygen atoms in total. The molecule has 0 aromatic carbocycles. The van der Waals surface area contributed by atoms with Gasteiger partial charge in [0.15, 0.2) is 0 Å². The van der Waals surface area contributed by atoms with Crippen LogP contribution in [0.4, 0.5) is 9.18 Å². The number of alkyl halides is 1. The highest BCUT2D eigenvalue weighted by atomic mass is 19.1. The maximum atomic E-state index is 13.1. The molecule has 1 aliphatic rings. The molecule has 100 valence electrons. The number of carbonyl (C=O) groups is 1. The van der Waals surface area contributed by atoms with Crippen LogP contribution in [-0.4, -0.2) is 61.5 Å². The van der Waals surface area contributed by atoms with E-state index in [0.717, 1.165) is 19.6 Å². The monoisotopic (exact) mass is 247 g/mol. The number of ether oxygens (including phenoxy) is 1. The van der Waals surface area contributed by atoms with Crippen LogP contribution in [0.3, 0.4) is 0 Å². The predicted octanol–water partition coefficient (Wildman–Crippen LogP) is 0.795. The van der Waals surface area contributed by atoms with E-state index >= 15 is 0 Å². The zero-order chi connectivity index (χ0) is 12.7. The molecule has 1 fully saturated rings. The summed E-state index contributed by atoms with van der Waals surface area (Å²) in [6.45, 7) is 6.02. The molecule has 1 aliphatic heterocycles. The Morgan fingerprint density at radius 1 is 1.41 bits per heavy atom. The molecule has 1 rings (SSSR count). The number of halogens is 1. The van der Waals surface area contributed by atoms with Gasteiger partial charge in [0.05, 0.1) is 0 Å². The summed E-state index contributed by atoms with van der Waals surface area (Å²) in [5.74, 6) is 0. The van der Waals surface area contributed by atoms with Crippen LogP contribution in [0.25, 0.3) is 0 Å². The second-order valence-corrected chi connectivity index (χ2v) is 4.20. The van der Waals surface area contributed by atoms with Gasteiger partial charge in [0.25, 0.3) is 0 Å². The van der Waals surface area contributed by atoms with Crippen LogP contribution in [0.1, 0.15) is 19.8 Å². The maximum Gasteiger partial charge on any atom is 0.412 e. The second kappa shape index (κ2) is 7.45. The Bertz CT molecular complexity index is 233. The first kappa shape index (κ1) is 14.2. The lowest BCUT2D eigenvalue weighted by Crippen LogP contribution is -2.50. The quantitative estimate of drug-likeness (QED) is 0.780. The molecule has 1 unspecified atom stereocenters. The average molecular weight is 247 g/mol. The number of nitrogens with zero attached hydrogens (tertiary/aromatic N) is 2. The molecule has 0 saturated carbocycles. The minimum absolute atomic E-state index is 0.263. The van der Waals surface area contributed by atoms with Crippen LogP contribution in [0.5, 0.6) is 0 Å². The van der Waals surface area contributed by atoms with Gasteiger partial charge in [-0.15, -0.1) is 0 Å². The Kier molecular flexibility index (Phi) is 6.21. The molecule has 1 amide bonds. The van der Waals surface area contributed by atoms with Crippen LogP contribution in [0.15, 0.2) is 0 Å². The third-order valence-electron chi connectivity index (χ3n) is 2.82. The highest BCUT2D eigenvalue weighted by Crippen LogP contribution is 2.08. The van der Waals surface area contributed by atoms with Crippen molar-refractivity contribution in [3.63, 3.8) is 0 Å². The Morgan fingerprint density at radius 2 is 2.06 bits per heavy atom. The summed E-state index contributed by atoms with van der Waals surface area (Å²) in [5, 5.41) is 0. The fourth-order valence-corrected chi connectivity index (χ4v) is 1.81. The van der Waals surface area contributed by atoms with Gasteiger partial charge in [0, 0.05) is 45.7 Å². The molecule has 0 radical (unpaired) electrons. The zero-order valence-electron chi connectivity index (χ0n) is 10.4. The van der Waals surface area contributed by atoms with E-state index < -0.39 is 12.5 Å². The highest BCUT2D eigenvalue weighted by molar-refractivity contribution is 5.67. The number of hydrogen-bond acceptors (Lipinski definition) is 4. The number of hydrogen-bond donors (Lipinski definition) is 1. The normalized spacial score (nSPS) is 19.1. The first-order valence-corrected chi connectivity index (χ1v) is 6.19. The van der Waals surface area contributed by atoms with Gasteiger partial charge in [0.2, 0.25) is 6.36 Å². The third kappa shape index (κ3) is 4.87. The standard InChI is InChI=1S/C11H22FN3O2/c1-2-3-10(12)17-11(16)15-8-6-14(5-4-13)7-9-15/h10H,2-9,13H2,1H3. The van der Waals surface area contributed by atoms with Gasteiger partial charge in [-0.05, 0) is 6.42 Å². The van der Waals surface area contributed by atoms with E-state index in [4.69, 9.17) is 10.5 Å². The van der Waals surface area contributed by atoms with Crippen molar-refractivity contribution in [3.05, 3.63) is 0 Å². The first-order valence-electron chi connectivity index (χ1n) is 6.19. The minimum Gasteiger partial charge on any atom is -0.415 e. The molecule has 1 heterocycles. The van der Waals surface area contributed by atoms with Crippen molar-refractivity contribution in [2.45, 2.75) is 26.1 Å². The molecule has 0 spiro atoms. The van der Waals surface area contributed by atoms with Crippen LogP contribution in [-0.2, 0) is 4.74 Å². The molecular weight excluding hydrogens is 225 g/mol. The van der Waals surface area contributed by atoms with Gasteiger partial charge in [-0.2, -0.15) is 0 Å². The van der Waals surface area contributed by atoms with Gasteiger partial charge in [-0.25, -0.2) is 9.18 Å². The summed E-state index contributed by atoms with van der Waals surface area (Å²) >= 11 is 0. The fraction of sp³-hybridized carbons (Fsp3) is 0.909. The van der Waals surface area contributed by atoms with Crippen molar-refractivity contribution in [3.8, 4) is 0 Å². The lowest BCUT2D eigenvalue weighted by molar-refractivity contribution is -0.0169. The minimum atomic E-state index is -1.48. The highest BCUT2D eigenvalue weighted by Gasteiger charge is 2.23. The van der Waals surface area contributed by atoms with Gasteiger partial charge < -0.3 is 15.4 Å². The molecular formula is C11H22FN3O2. The first-order chi connectivity index (χ1) is 8.17. The Balaban J connectivity index is 2.25.